The van der Waals surface area contributed by atoms with E-state index in [-0.39, 0.29) is 6.03 Å². The van der Waals surface area contributed by atoms with Crippen molar-refractivity contribution in [3.05, 3.63) is 35.9 Å². The van der Waals surface area contributed by atoms with Gasteiger partial charge in [-0.15, -0.1) is 0 Å². The maximum absolute atomic E-state index is 11.6. The molecule has 16 heavy (non-hydrogen) atoms. The second-order valence-electron chi connectivity index (χ2n) is 3.71. The Morgan fingerprint density at radius 3 is 2.69 bits per heavy atom. The van der Waals surface area contributed by atoms with Crippen LogP contribution in [-0.2, 0) is 6.54 Å². The van der Waals surface area contributed by atoms with Crippen molar-refractivity contribution in [3.8, 4) is 0 Å². The van der Waals surface area contributed by atoms with Gasteiger partial charge in [0.25, 0.3) is 0 Å². The normalized spacial score (nSPS) is 9.88. The molecule has 0 aliphatic carbocycles. The predicted molar refractivity (Wildman–Crippen MR) is 65.0 cm³/mol. The first-order valence-electron chi connectivity index (χ1n) is 5.47. The highest BCUT2D eigenvalue weighted by Crippen LogP contribution is 1.97. The van der Waals surface area contributed by atoms with E-state index in [0.717, 1.165) is 12.0 Å². The van der Waals surface area contributed by atoms with E-state index in [9.17, 15) is 4.79 Å². The maximum Gasteiger partial charge on any atom is 0.317 e. The Labute approximate surface area is 96.4 Å². The number of nitrogens with two attached hydrogens (primary N) is 1. The van der Waals surface area contributed by atoms with Crippen LogP contribution in [0.15, 0.2) is 30.3 Å². The van der Waals surface area contributed by atoms with Crippen LogP contribution < -0.4 is 11.1 Å². The molecule has 0 aliphatic rings. The van der Waals surface area contributed by atoms with Crippen molar-refractivity contribution in [2.24, 2.45) is 5.73 Å². The summed E-state index contributed by atoms with van der Waals surface area (Å²) in [6.45, 7) is 1.86. The van der Waals surface area contributed by atoms with Crippen LogP contribution in [0.5, 0.6) is 0 Å². The SMILES string of the molecule is CN(CCCN)C(=O)NCc1ccccc1. The molecule has 3 N–H and O–H groups in total. The third-order valence-corrected chi connectivity index (χ3v) is 2.33. The van der Waals surface area contributed by atoms with E-state index in [0.29, 0.717) is 19.6 Å². The average molecular weight is 221 g/mol. The van der Waals surface area contributed by atoms with Gasteiger partial charge in [0.1, 0.15) is 0 Å². The molecule has 0 saturated heterocycles. The Balaban J connectivity index is 2.29. The first kappa shape index (κ1) is 12.5. The molecule has 88 valence electrons. The van der Waals surface area contributed by atoms with Crippen molar-refractivity contribution >= 4 is 6.03 Å². The fourth-order valence-electron chi connectivity index (χ4n) is 1.34. The molecule has 0 atom stereocenters. The van der Waals surface area contributed by atoms with E-state index in [1.807, 2.05) is 30.3 Å². The molecule has 4 heteroatoms. The van der Waals surface area contributed by atoms with Crippen molar-refractivity contribution < 1.29 is 4.79 Å². The Hall–Kier alpha value is -1.55. The zero-order chi connectivity index (χ0) is 11.8. The minimum atomic E-state index is -0.0581. The molecule has 1 aromatic rings. The van der Waals surface area contributed by atoms with Gasteiger partial charge >= 0.3 is 6.03 Å². The Morgan fingerprint density at radius 1 is 1.38 bits per heavy atom. The number of rotatable bonds is 5. The highest BCUT2D eigenvalue weighted by Gasteiger charge is 2.06. The van der Waals surface area contributed by atoms with Crippen molar-refractivity contribution in [1.29, 1.82) is 0 Å². The minimum Gasteiger partial charge on any atom is -0.334 e. The molecule has 2 amide bonds. The second-order valence-corrected chi connectivity index (χ2v) is 3.71. The highest BCUT2D eigenvalue weighted by atomic mass is 16.2. The quantitative estimate of drug-likeness (QED) is 0.784. The molecular formula is C12H19N3O. The number of urea groups is 1. The monoisotopic (exact) mass is 221 g/mol. The lowest BCUT2D eigenvalue weighted by atomic mass is 10.2. The molecule has 0 saturated carbocycles. The summed E-state index contributed by atoms with van der Waals surface area (Å²) in [6, 6.07) is 9.79. The van der Waals surface area contributed by atoms with Crippen LogP contribution in [0.2, 0.25) is 0 Å². The molecule has 0 fully saturated rings. The van der Waals surface area contributed by atoms with Gasteiger partial charge in [0, 0.05) is 20.1 Å². The van der Waals surface area contributed by atoms with Crippen LogP contribution in [0.1, 0.15) is 12.0 Å². The average Bonchev–Trinajstić information content (AvgIpc) is 2.34. The van der Waals surface area contributed by atoms with Crippen molar-refractivity contribution in [1.82, 2.24) is 10.2 Å². The molecule has 1 rings (SSSR count). The van der Waals surface area contributed by atoms with Gasteiger partial charge in [0.05, 0.1) is 0 Å². The summed E-state index contributed by atoms with van der Waals surface area (Å²) in [5, 5.41) is 2.85. The number of nitrogens with zero attached hydrogens (tertiary/aromatic N) is 1. The van der Waals surface area contributed by atoms with E-state index in [4.69, 9.17) is 5.73 Å². The van der Waals surface area contributed by atoms with Gasteiger partial charge in [-0.3, -0.25) is 0 Å². The lowest BCUT2D eigenvalue weighted by Crippen LogP contribution is -2.37. The number of carbonyl (C=O) groups excluding carboxylic acids is 1. The third-order valence-electron chi connectivity index (χ3n) is 2.33. The lowest BCUT2D eigenvalue weighted by Gasteiger charge is -2.17. The van der Waals surface area contributed by atoms with E-state index in [1.165, 1.54) is 0 Å². The Morgan fingerprint density at radius 2 is 2.06 bits per heavy atom. The van der Waals surface area contributed by atoms with Crippen LogP contribution in [0.3, 0.4) is 0 Å². The minimum absolute atomic E-state index is 0.0581. The molecule has 0 unspecified atom stereocenters. The van der Waals surface area contributed by atoms with Gasteiger partial charge in [-0.2, -0.15) is 0 Å². The van der Waals surface area contributed by atoms with Gasteiger partial charge < -0.3 is 16.0 Å². The third kappa shape index (κ3) is 4.31. The number of amides is 2. The largest absolute Gasteiger partial charge is 0.334 e. The zero-order valence-electron chi connectivity index (χ0n) is 9.65. The van der Waals surface area contributed by atoms with Crippen molar-refractivity contribution in [3.63, 3.8) is 0 Å². The molecule has 4 nitrogen and oxygen atoms in total. The smallest absolute Gasteiger partial charge is 0.317 e. The van der Waals surface area contributed by atoms with Crippen LogP contribution in [-0.4, -0.2) is 31.1 Å². The van der Waals surface area contributed by atoms with Gasteiger partial charge in [-0.05, 0) is 18.5 Å². The van der Waals surface area contributed by atoms with E-state index in [1.54, 1.807) is 11.9 Å². The molecular weight excluding hydrogens is 202 g/mol. The summed E-state index contributed by atoms with van der Waals surface area (Å²) in [7, 11) is 1.77. The van der Waals surface area contributed by atoms with Gasteiger partial charge in [-0.25, -0.2) is 4.79 Å². The summed E-state index contributed by atoms with van der Waals surface area (Å²) in [5.74, 6) is 0. The number of benzene rings is 1. The van der Waals surface area contributed by atoms with Gasteiger partial charge in [0.15, 0.2) is 0 Å². The summed E-state index contributed by atoms with van der Waals surface area (Å²) in [6.07, 6.45) is 0.829. The van der Waals surface area contributed by atoms with Gasteiger partial charge in [0.2, 0.25) is 0 Å². The standard InChI is InChI=1S/C12H19N3O/c1-15(9-5-8-13)12(16)14-10-11-6-3-2-4-7-11/h2-4,6-7H,5,8-10,13H2,1H3,(H,14,16). The molecule has 1 aromatic carbocycles. The number of carbonyl (C=O) groups is 1. The van der Waals surface area contributed by atoms with Crippen LogP contribution in [0.25, 0.3) is 0 Å². The molecule has 0 aromatic heterocycles. The fraction of sp³-hybridized carbons (Fsp3) is 0.417. The molecule has 0 heterocycles. The first-order chi connectivity index (χ1) is 7.74. The van der Waals surface area contributed by atoms with Crippen LogP contribution in [0, 0.1) is 0 Å². The van der Waals surface area contributed by atoms with Gasteiger partial charge in [-0.1, -0.05) is 30.3 Å². The molecule has 0 spiro atoms. The topological polar surface area (TPSA) is 58.4 Å². The van der Waals surface area contributed by atoms with Crippen LogP contribution >= 0.6 is 0 Å². The Kier molecular flexibility index (Phi) is 5.36. The molecule has 0 bridgehead atoms. The number of hydrogen-bond acceptors (Lipinski definition) is 2. The molecule has 0 radical (unpaired) electrons. The van der Waals surface area contributed by atoms with E-state index < -0.39 is 0 Å². The van der Waals surface area contributed by atoms with E-state index in [2.05, 4.69) is 5.32 Å². The second kappa shape index (κ2) is 6.85. The lowest BCUT2D eigenvalue weighted by molar-refractivity contribution is 0.208. The Bertz CT molecular complexity index is 313. The van der Waals surface area contributed by atoms with Crippen molar-refractivity contribution in [2.75, 3.05) is 20.1 Å². The summed E-state index contributed by atoms with van der Waals surface area (Å²) >= 11 is 0. The summed E-state index contributed by atoms with van der Waals surface area (Å²) < 4.78 is 0. The summed E-state index contributed by atoms with van der Waals surface area (Å²) in [5.41, 5.74) is 6.48. The van der Waals surface area contributed by atoms with Crippen LogP contribution in [0.4, 0.5) is 4.79 Å². The first-order valence-corrected chi connectivity index (χ1v) is 5.47. The zero-order valence-corrected chi connectivity index (χ0v) is 9.65. The highest BCUT2D eigenvalue weighted by molar-refractivity contribution is 5.73. The number of nitrogens with one attached hydrogen (secondary N) is 1. The fourth-order valence-corrected chi connectivity index (χ4v) is 1.34. The van der Waals surface area contributed by atoms with E-state index >= 15 is 0 Å². The maximum atomic E-state index is 11.6. The predicted octanol–water partition coefficient (Wildman–Crippen LogP) is 1.18. The van der Waals surface area contributed by atoms with Crippen molar-refractivity contribution in [2.45, 2.75) is 13.0 Å². The molecule has 0 aliphatic heterocycles. The summed E-state index contributed by atoms with van der Waals surface area (Å²) in [4.78, 5) is 13.2. The number of hydrogen-bond donors (Lipinski definition) is 2.